The molecule has 0 unspecified atom stereocenters. The Hall–Kier alpha value is -2.36. The molecule has 0 radical (unpaired) electrons. The Morgan fingerprint density at radius 3 is 2.84 bits per heavy atom. The van der Waals surface area contributed by atoms with Crippen LogP contribution in [0.3, 0.4) is 0 Å². The first-order valence-electron chi connectivity index (χ1n) is 6.02. The standard InChI is InChI=1S/C15H16N2O2/c1-11-4-3-5-12(8-11)10-17(2)14-6-7-16-9-13(14)15(18)19/h3-9H,10H2,1-2H3,(H,18,19). The van der Waals surface area contributed by atoms with Gasteiger partial charge in [0, 0.05) is 26.0 Å². The van der Waals surface area contributed by atoms with Crippen molar-refractivity contribution in [1.29, 1.82) is 0 Å². The van der Waals surface area contributed by atoms with E-state index in [1.54, 1.807) is 12.3 Å². The predicted octanol–water partition coefficient (Wildman–Crippen LogP) is 2.72. The molecule has 0 spiro atoms. The van der Waals surface area contributed by atoms with Crippen LogP contribution in [0.15, 0.2) is 42.7 Å². The molecule has 0 saturated carbocycles. The van der Waals surface area contributed by atoms with Crippen molar-refractivity contribution < 1.29 is 9.90 Å². The van der Waals surface area contributed by atoms with Crippen molar-refractivity contribution in [2.45, 2.75) is 13.5 Å². The number of rotatable bonds is 4. The van der Waals surface area contributed by atoms with Crippen molar-refractivity contribution in [3.05, 3.63) is 59.4 Å². The van der Waals surface area contributed by atoms with Gasteiger partial charge in [-0.05, 0) is 18.6 Å². The lowest BCUT2D eigenvalue weighted by atomic mass is 10.1. The fraction of sp³-hybridized carbons (Fsp3) is 0.200. The fourth-order valence-corrected chi connectivity index (χ4v) is 2.05. The number of carboxylic acid groups (broad SMARTS) is 1. The first-order valence-corrected chi connectivity index (χ1v) is 6.02. The summed E-state index contributed by atoms with van der Waals surface area (Å²) in [6.45, 7) is 2.70. The van der Waals surface area contributed by atoms with Crippen LogP contribution in [0, 0.1) is 6.92 Å². The number of aromatic carboxylic acids is 1. The summed E-state index contributed by atoms with van der Waals surface area (Å²) in [6, 6.07) is 9.89. The lowest BCUT2D eigenvalue weighted by Gasteiger charge is -2.21. The average molecular weight is 256 g/mol. The molecule has 0 bridgehead atoms. The van der Waals surface area contributed by atoms with Gasteiger partial charge in [0.05, 0.1) is 5.69 Å². The molecule has 0 saturated heterocycles. The van der Waals surface area contributed by atoms with E-state index in [2.05, 4.69) is 11.1 Å². The zero-order chi connectivity index (χ0) is 13.8. The number of nitrogens with zero attached hydrogens (tertiary/aromatic N) is 2. The molecule has 0 atom stereocenters. The van der Waals surface area contributed by atoms with Crippen LogP contribution < -0.4 is 4.90 Å². The minimum absolute atomic E-state index is 0.220. The third-order valence-electron chi connectivity index (χ3n) is 2.94. The smallest absolute Gasteiger partial charge is 0.339 e. The third kappa shape index (κ3) is 3.10. The van der Waals surface area contributed by atoms with Crippen LogP contribution >= 0.6 is 0 Å². The van der Waals surface area contributed by atoms with Crippen molar-refractivity contribution in [1.82, 2.24) is 4.98 Å². The number of hydrogen-bond acceptors (Lipinski definition) is 3. The van der Waals surface area contributed by atoms with Gasteiger partial charge in [-0.1, -0.05) is 29.8 Å². The Morgan fingerprint density at radius 2 is 2.16 bits per heavy atom. The molecular weight excluding hydrogens is 240 g/mol. The Balaban J connectivity index is 2.25. The molecule has 0 aliphatic carbocycles. The van der Waals surface area contributed by atoms with Gasteiger partial charge >= 0.3 is 5.97 Å². The van der Waals surface area contributed by atoms with Gasteiger partial charge in [-0.3, -0.25) is 4.98 Å². The van der Waals surface area contributed by atoms with Gasteiger partial charge in [0.1, 0.15) is 5.56 Å². The highest BCUT2D eigenvalue weighted by atomic mass is 16.4. The van der Waals surface area contributed by atoms with Crippen LogP contribution in [0.25, 0.3) is 0 Å². The van der Waals surface area contributed by atoms with Gasteiger partial charge in [0.15, 0.2) is 0 Å². The van der Waals surface area contributed by atoms with Crippen molar-refractivity contribution in [3.63, 3.8) is 0 Å². The predicted molar refractivity (Wildman–Crippen MR) is 74.5 cm³/mol. The molecule has 1 aromatic carbocycles. The molecule has 0 aliphatic heterocycles. The lowest BCUT2D eigenvalue weighted by molar-refractivity contribution is 0.0697. The van der Waals surface area contributed by atoms with E-state index in [9.17, 15) is 4.79 Å². The summed E-state index contributed by atoms with van der Waals surface area (Å²) >= 11 is 0. The number of hydrogen-bond donors (Lipinski definition) is 1. The summed E-state index contributed by atoms with van der Waals surface area (Å²) in [5.74, 6) is -0.959. The highest BCUT2D eigenvalue weighted by Gasteiger charge is 2.13. The van der Waals surface area contributed by atoms with Crippen LogP contribution in [-0.4, -0.2) is 23.1 Å². The zero-order valence-electron chi connectivity index (χ0n) is 11.0. The fourth-order valence-electron chi connectivity index (χ4n) is 2.05. The summed E-state index contributed by atoms with van der Waals surface area (Å²) in [5, 5.41) is 9.16. The topological polar surface area (TPSA) is 53.4 Å². The van der Waals surface area contributed by atoms with Crippen LogP contribution in [0.4, 0.5) is 5.69 Å². The first-order chi connectivity index (χ1) is 9.08. The van der Waals surface area contributed by atoms with Gasteiger partial charge in [0.2, 0.25) is 0 Å². The van der Waals surface area contributed by atoms with Gasteiger partial charge in [-0.2, -0.15) is 0 Å². The van der Waals surface area contributed by atoms with E-state index < -0.39 is 5.97 Å². The van der Waals surface area contributed by atoms with Gasteiger partial charge < -0.3 is 10.0 Å². The van der Waals surface area contributed by atoms with E-state index in [1.165, 1.54) is 11.8 Å². The largest absolute Gasteiger partial charge is 0.478 e. The second-order valence-electron chi connectivity index (χ2n) is 4.54. The Kier molecular flexibility index (Phi) is 3.80. The van der Waals surface area contributed by atoms with E-state index in [0.29, 0.717) is 12.2 Å². The lowest BCUT2D eigenvalue weighted by Crippen LogP contribution is -2.19. The summed E-state index contributed by atoms with van der Waals surface area (Å²) in [7, 11) is 1.88. The number of aromatic nitrogens is 1. The third-order valence-corrected chi connectivity index (χ3v) is 2.94. The Bertz CT molecular complexity index is 596. The quantitative estimate of drug-likeness (QED) is 0.913. The maximum absolute atomic E-state index is 11.2. The maximum Gasteiger partial charge on any atom is 0.339 e. The van der Waals surface area contributed by atoms with Gasteiger partial charge in [-0.15, -0.1) is 0 Å². The molecule has 0 amide bonds. The van der Waals surface area contributed by atoms with E-state index in [0.717, 1.165) is 5.56 Å². The first kappa shape index (κ1) is 13.1. The molecular formula is C15H16N2O2. The van der Waals surface area contributed by atoms with Crippen LogP contribution in [0.5, 0.6) is 0 Å². The second kappa shape index (κ2) is 5.52. The number of carboxylic acids is 1. The minimum atomic E-state index is -0.959. The minimum Gasteiger partial charge on any atom is -0.478 e. The van der Waals surface area contributed by atoms with Crippen molar-refractivity contribution >= 4 is 11.7 Å². The Morgan fingerprint density at radius 1 is 1.37 bits per heavy atom. The second-order valence-corrected chi connectivity index (χ2v) is 4.54. The number of pyridine rings is 1. The van der Waals surface area contributed by atoms with E-state index in [-0.39, 0.29) is 5.56 Å². The van der Waals surface area contributed by atoms with Crippen LogP contribution in [0.2, 0.25) is 0 Å². The van der Waals surface area contributed by atoms with Crippen molar-refractivity contribution in [3.8, 4) is 0 Å². The van der Waals surface area contributed by atoms with Crippen LogP contribution in [0.1, 0.15) is 21.5 Å². The SMILES string of the molecule is Cc1cccc(CN(C)c2ccncc2C(=O)O)c1. The highest BCUT2D eigenvalue weighted by Crippen LogP contribution is 2.20. The Labute approximate surface area is 112 Å². The highest BCUT2D eigenvalue weighted by molar-refractivity contribution is 5.93. The summed E-state index contributed by atoms with van der Waals surface area (Å²) in [4.78, 5) is 16.9. The normalized spacial score (nSPS) is 10.2. The number of benzene rings is 1. The molecule has 2 aromatic rings. The summed E-state index contributed by atoms with van der Waals surface area (Å²) in [5.41, 5.74) is 3.23. The number of anilines is 1. The van der Waals surface area contributed by atoms with E-state index in [4.69, 9.17) is 5.11 Å². The van der Waals surface area contributed by atoms with Crippen molar-refractivity contribution in [2.24, 2.45) is 0 Å². The maximum atomic E-state index is 11.2. The molecule has 4 heteroatoms. The molecule has 0 fully saturated rings. The average Bonchev–Trinajstić information content (AvgIpc) is 2.38. The molecule has 0 aliphatic rings. The zero-order valence-corrected chi connectivity index (χ0v) is 11.0. The van der Waals surface area contributed by atoms with E-state index in [1.807, 2.05) is 37.1 Å². The van der Waals surface area contributed by atoms with Gasteiger partial charge in [-0.25, -0.2) is 4.79 Å². The molecule has 1 N–H and O–H groups in total. The number of aryl methyl sites for hydroxylation is 1. The molecule has 1 aromatic heterocycles. The monoisotopic (exact) mass is 256 g/mol. The summed E-state index contributed by atoms with van der Waals surface area (Å²) < 4.78 is 0. The molecule has 2 rings (SSSR count). The summed E-state index contributed by atoms with van der Waals surface area (Å²) in [6.07, 6.45) is 2.99. The molecule has 1 heterocycles. The van der Waals surface area contributed by atoms with Gasteiger partial charge in [0.25, 0.3) is 0 Å². The molecule has 98 valence electrons. The molecule has 19 heavy (non-hydrogen) atoms. The number of carbonyl (C=O) groups is 1. The molecule has 4 nitrogen and oxygen atoms in total. The van der Waals surface area contributed by atoms with Crippen molar-refractivity contribution in [2.75, 3.05) is 11.9 Å². The van der Waals surface area contributed by atoms with E-state index >= 15 is 0 Å². The van der Waals surface area contributed by atoms with Crippen LogP contribution in [-0.2, 0) is 6.54 Å².